The van der Waals surface area contributed by atoms with E-state index in [0.717, 1.165) is 30.1 Å². The molecule has 7 heteroatoms. The van der Waals surface area contributed by atoms with E-state index < -0.39 is 11.7 Å². The zero-order chi connectivity index (χ0) is 14.1. The molecule has 4 nitrogen and oxygen atoms in total. The summed E-state index contributed by atoms with van der Waals surface area (Å²) in [4.78, 5) is 17.6. The first-order chi connectivity index (χ1) is 9.63. The van der Waals surface area contributed by atoms with Gasteiger partial charge in [0.1, 0.15) is 5.82 Å². The monoisotopic (exact) mass is 355 g/mol. The van der Waals surface area contributed by atoms with E-state index in [1.54, 1.807) is 6.07 Å². The summed E-state index contributed by atoms with van der Waals surface area (Å²) in [6, 6.07) is 4.27. The third kappa shape index (κ3) is 2.74. The van der Waals surface area contributed by atoms with Gasteiger partial charge in [-0.3, -0.25) is 10.1 Å². The van der Waals surface area contributed by atoms with Crippen molar-refractivity contribution >= 4 is 38.3 Å². The van der Waals surface area contributed by atoms with Gasteiger partial charge in [0.25, 0.3) is 5.91 Å². The summed E-state index contributed by atoms with van der Waals surface area (Å²) in [6.07, 6.45) is 0.854. The van der Waals surface area contributed by atoms with Crippen LogP contribution in [0, 0.1) is 5.82 Å². The van der Waals surface area contributed by atoms with Gasteiger partial charge in [0.05, 0.1) is 11.3 Å². The van der Waals surface area contributed by atoms with Crippen LogP contribution < -0.4 is 10.6 Å². The van der Waals surface area contributed by atoms with Crippen molar-refractivity contribution in [2.45, 2.75) is 13.0 Å². The number of carbonyl (C=O) groups is 1. The van der Waals surface area contributed by atoms with Crippen molar-refractivity contribution in [3.05, 3.63) is 44.6 Å². The fraction of sp³-hybridized carbons (Fsp3) is 0.231. The van der Waals surface area contributed by atoms with Crippen LogP contribution in [0.5, 0.6) is 0 Å². The highest BCUT2D eigenvalue weighted by Crippen LogP contribution is 2.26. The number of fused-ring (bicyclic) bond motifs is 1. The van der Waals surface area contributed by atoms with Crippen molar-refractivity contribution in [1.82, 2.24) is 10.3 Å². The number of rotatable bonds is 2. The molecule has 0 saturated heterocycles. The van der Waals surface area contributed by atoms with Gasteiger partial charge in [-0.05, 0) is 18.2 Å². The molecular formula is C13H11BrFN3OS. The van der Waals surface area contributed by atoms with Gasteiger partial charge in [-0.15, -0.1) is 11.3 Å². The standard InChI is InChI=1S/C13H11BrFN3OS/c14-7-1-2-9(15)8(5-7)12(19)18-13-17-10-3-4-16-6-11(10)20-13/h1-2,5,16H,3-4,6H2,(H,17,18,19). The normalized spacial score (nSPS) is 13.9. The number of hydrogen-bond donors (Lipinski definition) is 2. The summed E-state index contributed by atoms with van der Waals surface area (Å²) >= 11 is 4.66. The molecule has 1 amide bonds. The number of aromatic nitrogens is 1. The Morgan fingerprint density at radius 2 is 2.35 bits per heavy atom. The first-order valence-electron chi connectivity index (χ1n) is 6.09. The average Bonchev–Trinajstić information content (AvgIpc) is 2.83. The van der Waals surface area contributed by atoms with Crippen LogP contribution in [-0.4, -0.2) is 17.4 Å². The number of anilines is 1. The van der Waals surface area contributed by atoms with Crippen molar-refractivity contribution < 1.29 is 9.18 Å². The molecule has 1 aliphatic rings. The van der Waals surface area contributed by atoms with E-state index >= 15 is 0 Å². The Balaban J connectivity index is 1.82. The number of nitrogens with one attached hydrogen (secondary N) is 2. The predicted octanol–water partition coefficient (Wildman–Crippen LogP) is 2.94. The molecule has 0 saturated carbocycles. The minimum atomic E-state index is -0.548. The largest absolute Gasteiger partial charge is 0.311 e. The lowest BCUT2D eigenvalue weighted by Crippen LogP contribution is -2.22. The van der Waals surface area contributed by atoms with Crippen LogP contribution >= 0.6 is 27.3 Å². The van der Waals surface area contributed by atoms with Gasteiger partial charge in [0.15, 0.2) is 5.13 Å². The van der Waals surface area contributed by atoms with Crippen LogP contribution in [0.3, 0.4) is 0 Å². The molecule has 0 aliphatic carbocycles. The van der Waals surface area contributed by atoms with Crippen molar-refractivity contribution in [2.75, 3.05) is 11.9 Å². The quantitative estimate of drug-likeness (QED) is 0.870. The van der Waals surface area contributed by atoms with Gasteiger partial charge in [-0.2, -0.15) is 0 Å². The fourth-order valence-electron chi connectivity index (χ4n) is 2.01. The molecule has 104 valence electrons. The van der Waals surface area contributed by atoms with Crippen LogP contribution in [0.15, 0.2) is 22.7 Å². The minimum Gasteiger partial charge on any atom is -0.311 e. The maximum atomic E-state index is 13.6. The smallest absolute Gasteiger partial charge is 0.260 e. The minimum absolute atomic E-state index is 0.00525. The molecule has 20 heavy (non-hydrogen) atoms. The molecule has 0 atom stereocenters. The molecular weight excluding hydrogens is 345 g/mol. The fourth-order valence-corrected chi connectivity index (χ4v) is 3.35. The van der Waals surface area contributed by atoms with Crippen LogP contribution in [0.2, 0.25) is 0 Å². The lowest BCUT2D eigenvalue weighted by molar-refractivity contribution is 0.102. The van der Waals surface area contributed by atoms with Crippen LogP contribution in [0.4, 0.5) is 9.52 Å². The van der Waals surface area contributed by atoms with Gasteiger partial charge in [0.2, 0.25) is 0 Å². The third-order valence-electron chi connectivity index (χ3n) is 3.00. The first-order valence-corrected chi connectivity index (χ1v) is 7.70. The van der Waals surface area contributed by atoms with Crippen molar-refractivity contribution in [2.24, 2.45) is 0 Å². The number of thiazole rings is 1. The Hall–Kier alpha value is -1.31. The molecule has 0 bridgehead atoms. The molecule has 0 radical (unpaired) electrons. The number of hydrogen-bond acceptors (Lipinski definition) is 4. The van der Waals surface area contributed by atoms with Gasteiger partial charge in [-0.25, -0.2) is 9.37 Å². The summed E-state index contributed by atoms with van der Waals surface area (Å²) in [7, 11) is 0. The summed E-state index contributed by atoms with van der Waals surface area (Å²) < 4.78 is 14.3. The second kappa shape index (κ2) is 5.59. The Bertz CT molecular complexity index is 650. The van der Waals surface area contributed by atoms with Gasteiger partial charge < -0.3 is 5.32 Å². The van der Waals surface area contributed by atoms with Crippen LogP contribution in [0.1, 0.15) is 20.9 Å². The van der Waals surface area contributed by atoms with E-state index in [4.69, 9.17) is 0 Å². The molecule has 2 aromatic rings. The molecule has 3 rings (SSSR count). The highest BCUT2D eigenvalue weighted by molar-refractivity contribution is 9.10. The van der Waals surface area contributed by atoms with Crippen molar-refractivity contribution in [3.63, 3.8) is 0 Å². The van der Waals surface area contributed by atoms with Crippen molar-refractivity contribution in [1.29, 1.82) is 0 Å². The second-order valence-electron chi connectivity index (χ2n) is 4.39. The number of carbonyl (C=O) groups excluding carboxylic acids is 1. The molecule has 0 unspecified atom stereocenters. The predicted molar refractivity (Wildman–Crippen MR) is 79.6 cm³/mol. The van der Waals surface area contributed by atoms with Crippen molar-refractivity contribution in [3.8, 4) is 0 Å². The molecule has 0 spiro atoms. The van der Waals surface area contributed by atoms with Gasteiger partial charge in [0, 0.05) is 28.9 Å². The summed E-state index contributed by atoms with van der Waals surface area (Å²) in [5.74, 6) is -1.03. The second-order valence-corrected chi connectivity index (χ2v) is 6.39. The number of halogens is 2. The topological polar surface area (TPSA) is 54.0 Å². The van der Waals surface area contributed by atoms with E-state index in [1.165, 1.54) is 23.5 Å². The van der Waals surface area contributed by atoms with Gasteiger partial charge in [-0.1, -0.05) is 15.9 Å². The highest BCUT2D eigenvalue weighted by Gasteiger charge is 2.18. The van der Waals surface area contributed by atoms with Crippen LogP contribution in [0.25, 0.3) is 0 Å². The average molecular weight is 356 g/mol. The summed E-state index contributed by atoms with van der Waals surface area (Å²) in [6.45, 7) is 1.67. The van der Waals surface area contributed by atoms with E-state index in [0.29, 0.717) is 9.60 Å². The third-order valence-corrected chi connectivity index (χ3v) is 4.50. The Morgan fingerprint density at radius 1 is 1.50 bits per heavy atom. The lowest BCUT2D eigenvalue weighted by Gasteiger charge is -2.09. The number of amides is 1. The summed E-state index contributed by atoms with van der Waals surface area (Å²) in [5.41, 5.74) is 1.02. The molecule has 0 fully saturated rings. The maximum Gasteiger partial charge on any atom is 0.260 e. The molecule has 1 aromatic carbocycles. The van der Waals surface area contributed by atoms with E-state index in [-0.39, 0.29) is 5.56 Å². The zero-order valence-corrected chi connectivity index (χ0v) is 12.8. The molecule has 1 aromatic heterocycles. The Kier molecular flexibility index (Phi) is 3.82. The first kappa shape index (κ1) is 13.7. The highest BCUT2D eigenvalue weighted by atomic mass is 79.9. The molecule has 2 heterocycles. The zero-order valence-electron chi connectivity index (χ0n) is 10.4. The van der Waals surface area contributed by atoms with E-state index in [2.05, 4.69) is 31.5 Å². The van der Waals surface area contributed by atoms with E-state index in [9.17, 15) is 9.18 Å². The van der Waals surface area contributed by atoms with Gasteiger partial charge >= 0.3 is 0 Å². The SMILES string of the molecule is O=C(Nc1nc2c(s1)CNCC2)c1cc(Br)ccc1F. The molecule has 2 N–H and O–H groups in total. The van der Waals surface area contributed by atoms with E-state index in [1.807, 2.05) is 0 Å². The van der Waals surface area contributed by atoms with Crippen LogP contribution in [-0.2, 0) is 13.0 Å². The summed E-state index contributed by atoms with van der Waals surface area (Å²) in [5, 5.41) is 6.43. The molecule has 1 aliphatic heterocycles. The number of benzene rings is 1. The maximum absolute atomic E-state index is 13.6. The number of nitrogens with zero attached hydrogens (tertiary/aromatic N) is 1. The Morgan fingerprint density at radius 3 is 3.15 bits per heavy atom. The lowest BCUT2D eigenvalue weighted by atomic mass is 10.2. The Labute approximate surface area is 127 Å².